The maximum Gasteiger partial charge on any atom is 0.356 e. The minimum absolute atomic E-state index is 0.0362. The number of fused-ring (bicyclic) bond motifs is 4. The summed E-state index contributed by atoms with van der Waals surface area (Å²) in [7, 11) is -4.10. The van der Waals surface area contributed by atoms with Gasteiger partial charge in [-0.25, -0.2) is 14.8 Å². The van der Waals surface area contributed by atoms with E-state index in [9.17, 15) is 13.2 Å². The average Bonchev–Trinajstić information content (AvgIpc) is 3.06. The fourth-order valence-electron chi connectivity index (χ4n) is 3.67. The van der Waals surface area contributed by atoms with E-state index in [1.54, 1.807) is 36.4 Å². The van der Waals surface area contributed by atoms with Crippen LogP contribution in [0.5, 0.6) is 0 Å². The molecular weight excluding hydrogens is 396 g/mol. The first-order valence-electron chi connectivity index (χ1n) is 8.37. The topological polar surface area (TPSA) is 147 Å². The molecule has 29 heavy (non-hydrogen) atoms. The number of nitrogens with two attached hydrogens (primary N) is 2. The van der Waals surface area contributed by atoms with Crippen LogP contribution in [0.2, 0.25) is 0 Å². The Hall–Kier alpha value is -3.44. The lowest BCUT2D eigenvalue weighted by Gasteiger charge is -2.07. The van der Waals surface area contributed by atoms with Gasteiger partial charge in [0.1, 0.15) is 4.90 Å². The zero-order valence-corrected chi connectivity index (χ0v) is 15.4. The van der Waals surface area contributed by atoms with E-state index in [1.165, 1.54) is 6.07 Å². The summed E-state index contributed by atoms with van der Waals surface area (Å²) in [5.74, 6) is 9.23. The van der Waals surface area contributed by atoms with E-state index < -0.39 is 16.1 Å². The molecule has 0 aliphatic heterocycles. The van der Waals surface area contributed by atoms with Crippen LogP contribution in [0.15, 0.2) is 53.4 Å². The van der Waals surface area contributed by atoms with Gasteiger partial charge in [-0.1, -0.05) is 24.3 Å². The molecular formula is C19H12N4O5S. The maximum absolute atomic E-state index is 12.2. The van der Waals surface area contributed by atoms with Crippen LogP contribution < -0.4 is 11.8 Å². The quantitative estimate of drug-likeness (QED) is 0.428. The second-order valence-electron chi connectivity index (χ2n) is 6.42. The van der Waals surface area contributed by atoms with Crippen molar-refractivity contribution in [3.63, 3.8) is 0 Å². The minimum Gasteiger partial charge on any atom is -0.370 e. The number of benzene rings is 3. The monoisotopic (exact) mass is 408 g/mol. The molecule has 0 amide bonds. The van der Waals surface area contributed by atoms with Crippen molar-refractivity contribution < 1.29 is 22.3 Å². The lowest BCUT2D eigenvalue weighted by atomic mass is 10.0. The van der Waals surface area contributed by atoms with Crippen molar-refractivity contribution in [1.82, 2.24) is 9.97 Å². The highest BCUT2D eigenvalue weighted by Gasteiger charge is 2.28. The van der Waals surface area contributed by atoms with E-state index in [1.807, 2.05) is 6.07 Å². The summed E-state index contributed by atoms with van der Waals surface area (Å²) < 4.78 is 28.6. The van der Waals surface area contributed by atoms with Gasteiger partial charge in [-0.3, -0.25) is 0 Å². The van der Waals surface area contributed by atoms with E-state index in [-0.39, 0.29) is 10.5 Å². The minimum atomic E-state index is -4.10. The van der Waals surface area contributed by atoms with Crippen molar-refractivity contribution >= 4 is 37.9 Å². The number of aromatic nitrogens is 2. The first kappa shape index (κ1) is 17.6. The van der Waals surface area contributed by atoms with Crippen LogP contribution >= 0.6 is 0 Å². The maximum atomic E-state index is 12.2. The molecule has 5 rings (SSSR count). The highest BCUT2D eigenvalue weighted by atomic mass is 32.2. The van der Waals surface area contributed by atoms with Crippen molar-refractivity contribution in [2.24, 2.45) is 11.8 Å². The molecule has 0 saturated heterocycles. The molecule has 10 heteroatoms. The molecule has 4 N–H and O–H groups in total. The Morgan fingerprint density at radius 3 is 2.34 bits per heavy atom. The van der Waals surface area contributed by atoms with Crippen molar-refractivity contribution in [1.29, 1.82) is 0 Å². The smallest absolute Gasteiger partial charge is 0.356 e. The molecule has 0 saturated carbocycles. The standard InChI is InChI=1S/C19H12N4O5S/c20-27-19(24)9-4-6-13-14(8-9)23-18-12-5-7-15(29(25,26)28-21)10-2-1-3-11(16(10)12)17(18)22-13/h1-8H,20-21H2. The van der Waals surface area contributed by atoms with Gasteiger partial charge in [0.25, 0.3) is 0 Å². The molecule has 1 aliphatic rings. The molecule has 1 heterocycles. The Balaban J connectivity index is 1.82. The van der Waals surface area contributed by atoms with Crippen LogP contribution in [0.25, 0.3) is 44.3 Å². The van der Waals surface area contributed by atoms with Gasteiger partial charge in [-0.05, 0) is 24.3 Å². The second-order valence-corrected chi connectivity index (χ2v) is 7.96. The van der Waals surface area contributed by atoms with Crippen LogP contribution in [0.4, 0.5) is 0 Å². The van der Waals surface area contributed by atoms with Crippen molar-refractivity contribution in [3.05, 3.63) is 54.1 Å². The first-order valence-corrected chi connectivity index (χ1v) is 9.78. The molecule has 0 fully saturated rings. The van der Waals surface area contributed by atoms with Gasteiger partial charge in [-0.15, -0.1) is 0 Å². The summed E-state index contributed by atoms with van der Waals surface area (Å²) in [6.45, 7) is 0. The van der Waals surface area contributed by atoms with Gasteiger partial charge in [0.15, 0.2) is 0 Å². The summed E-state index contributed by atoms with van der Waals surface area (Å²) in [4.78, 5) is 25.3. The van der Waals surface area contributed by atoms with Gasteiger partial charge in [0.2, 0.25) is 0 Å². The van der Waals surface area contributed by atoms with E-state index in [0.29, 0.717) is 33.2 Å². The molecule has 9 nitrogen and oxygen atoms in total. The Morgan fingerprint density at radius 2 is 1.62 bits per heavy atom. The molecule has 0 radical (unpaired) electrons. The van der Waals surface area contributed by atoms with Crippen LogP contribution in [0, 0.1) is 0 Å². The zero-order valence-electron chi connectivity index (χ0n) is 14.6. The number of carbonyl (C=O) groups excluding carboxylic acids is 1. The number of hydrogen-bond donors (Lipinski definition) is 2. The fourth-order valence-corrected chi connectivity index (χ4v) is 4.45. The molecule has 1 aromatic heterocycles. The Labute approximate surface area is 163 Å². The number of hydrogen-bond acceptors (Lipinski definition) is 9. The summed E-state index contributed by atoms with van der Waals surface area (Å²) in [5.41, 5.74) is 3.98. The average molecular weight is 408 g/mol. The Morgan fingerprint density at radius 1 is 0.897 bits per heavy atom. The van der Waals surface area contributed by atoms with Crippen LogP contribution in [0.3, 0.4) is 0 Å². The van der Waals surface area contributed by atoms with Crippen LogP contribution in [-0.4, -0.2) is 24.4 Å². The van der Waals surface area contributed by atoms with Gasteiger partial charge < -0.3 is 4.84 Å². The molecule has 4 aromatic rings. The second kappa shape index (κ2) is 6.03. The largest absolute Gasteiger partial charge is 0.370 e. The first-order chi connectivity index (χ1) is 13.9. The summed E-state index contributed by atoms with van der Waals surface area (Å²) in [6.07, 6.45) is 0. The van der Waals surface area contributed by atoms with Gasteiger partial charge in [0, 0.05) is 21.9 Å². The third-order valence-corrected chi connectivity index (χ3v) is 6.06. The molecule has 1 aliphatic carbocycles. The van der Waals surface area contributed by atoms with Crippen molar-refractivity contribution in [2.45, 2.75) is 4.90 Å². The number of rotatable bonds is 3. The lowest BCUT2D eigenvalue weighted by molar-refractivity contribution is 0.0503. The molecule has 144 valence electrons. The highest BCUT2D eigenvalue weighted by molar-refractivity contribution is 7.87. The van der Waals surface area contributed by atoms with Crippen LogP contribution in [0.1, 0.15) is 10.4 Å². The molecule has 0 spiro atoms. The third kappa shape index (κ3) is 2.44. The SMILES string of the molecule is NOC(=O)c1ccc2nc3c(nc2c1)-c1ccc(S(=O)(=O)ON)c2cccc-3c12. The lowest BCUT2D eigenvalue weighted by Crippen LogP contribution is -2.11. The van der Waals surface area contributed by atoms with E-state index in [0.717, 1.165) is 11.1 Å². The third-order valence-electron chi connectivity index (χ3n) is 4.91. The highest BCUT2D eigenvalue weighted by Crippen LogP contribution is 2.47. The zero-order chi connectivity index (χ0) is 20.3. The van der Waals surface area contributed by atoms with Crippen LogP contribution in [-0.2, 0) is 19.2 Å². The predicted molar refractivity (Wildman–Crippen MR) is 104 cm³/mol. The molecule has 0 atom stereocenters. The Bertz CT molecular complexity index is 1470. The summed E-state index contributed by atoms with van der Waals surface area (Å²) >= 11 is 0. The van der Waals surface area contributed by atoms with Crippen molar-refractivity contribution in [2.75, 3.05) is 0 Å². The summed E-state index contributed by atoms with van der Waals surface area (Å²) in [6, 6.07) is 13.1. The van der Waals surface area contributed by atoms with Gasteiger partial charge >= 0.3 is 16.1 Å². The molecule has 0 unspecified atom stereocenters. The fraction of sp³-hybridized carbons (Fsp3) is 0. The predicted octanol–water partition coefficient (Wildman–Crippen LogP) is 2.04. The number of nitrogens with zero attached hydrogens (tertiary/aromatic N) is 2. The van der Waals surface area contributed by atoms with Gasteiger partial charge in [-0.2, -0.15) is 24.5 Å². The Kier molecular flexibility index (Phi) is 3.67. The normalized spacial score (nSPS) is 12.3. The van der Waals surface area contributed by atoms with Gasteiger partial charge in [0.05, 0.1) is 28.0 Å². The van der Waals surface area contributed by atoms with E-state index in [2.05, 4.69) is 19.1 Å². The molecule has 0 bridgehead atoms. The summed E-state index contributed by atoms with van der Waals surface area (Å²) in [5, 5.41) is 1.15. The van der Waals surface area contributed by atoms with E-state index >= 15 is 0 Å². The van der Waals surface area contributed by atoms with E-state index in [4.69, 9.17) is 11.8 Å². The molecule has 3 aromatic carbocycles. The number of carbonyl (C=O) groups is 1. The van der Waals surface area contributed by atoms with Crippen molar-refractivity contribution in [3.8, 4) is 22.5 Å².